The maximum Gasteiger partial charge on any atom is 0.219 e. The molecule has 0 bridgehead atoms. The van der Waals surface area contributed by atoms with Crippen LogP contribution in [0.5, 0.6) is 0 Å². The zero-order valence-electron chi connectivity index (χ0n) is 9.69. The van der Waals surface area contributed by atoms with Gasteiger partial charge in [0.1, 0.15) is 0 Å². The molecule has 0 N–H and O–H groups in total. The van der Waals surface area contributed by atoms with Gasteiger partial charge in [-0.05, 0) is 26.7 Å². The van der Waals surface area contributed by atoms with Gasteiger partial charge in [0.15, 0.2) is 0 Å². The van der Waals surface area contributed by atoms with E-state index >= 15 is 0 Å². The van der Waals surface area contributed by atoms with Crippen LogP contribution in [-0.2, 0) is 20.8 Å². The Bertz CT molecular complexity index is 360. The zero-order valence-corrected chi connectivity index (χ0v) is 11.3. The van der Waals surface area contributed by atoms with Crippen molar-refractivity contribution in [3.63, 3.8) is 0 Å². The molecule has 0 aliphatic heterocycles. The molecule has 0 aromatic rings. The third kappa shape index (κ3) is 2.60. The molecule has 1 saturated carbocycles. The van der Waals surface area contributed by atoms with Gasteiger partial charge in [0, 0.05) is 35.9 Å². The van der Waals surface area contributed by atoms with E-state index in [0.717, 1.165) is 12.8 Å². The first-order valence-corrected chi connectivity index (χ1v) is 8.15. The molecular weight excluding hydrogens is 234 g/mol. The molecule has 6 heteroatoms. The van der Waals surface area contributed by atoms with Crippen molar-refractivity contribution in [1.29, 1.82) is 0 Å². The fourth-order valence-corrected chi connectivity index (χ4v) is 4.32. The minimum atomic E-state index is -3.21. The Balaban J connectivity index is 2.76. The highest BCUT2D eigenvalue weighted by atomic mass is 32.2. The second-order valence-corrected chi connectivity index (χ2v) is 8.55. The van der Waals surface area contributed by atoms with Crippen LogP contribution in [0.25, 0.3) is 0 Å². The molecule has 1 fully saturated rings. The topological polar surface area (TPSA) is 54.5 Å². The van der Waals surface area contributed by atoms with Crippen molar-refractivity contribution in [3.8, 4) is 0 Å². The largest absolute Gasteiger partial charge is 0.260 e. The molecule has 4 nitrogen and oxygen atoms in total. The maximum atomic E-state index is 12.1. The molecule has 90 valence electrons. The van der Waals surface area contributed by atoms with Crippen LogP contribution < -0.4 is 0 Å². The van der Waals surface area contributed by atoms with E-state index in [0.29, 0.717) is 5.75 Å². The number of rotatable bonds is 5. The lowest BCUT2D eigenvalue weighted by Crippen LogP contribution is -2.43. The molecule has 2 unspecified atom stereocenters. The van der Waals surface area contributed by atoms with Gasteiger partial charge in [-0.15, -0.1) is 0 Å². The molecule has 2 atom stereocenters. The Morgan fingerprint density at radius 2 is 1.93 bits per heavy atom. The highest BCUT2D eigenvalue weighted by molar-refractivity contribution is 7.90. The smallest absolute Gasteiger partial charge is 0.219 e. The van der Waals surface area contributed by atoms with E-state index in [2.05, 4.69) is 0 Å². The minimum absolute atomic E-state index is 0.196. The van der Waals surface area contributed by atoms with E-state index in [1.165, 1.54) is 4.31 Å². The van der Waals surface area contributed by atoms with Crippen LogP contribution in [0.1, 0.15) is 26.7 Å². The minimum Gasteiger partial charge on any atom is -0.260 e. The van der Waals surface area contributed by atoms with Gasteiger partial charge in [0.25, 0.3) is 0 Å². The standard InChI is InChI=1S/C9H19NO3S2/c1-8(7-14(4)11)10(3)15(12,13)9(2)5-6-9/h8H,5-7H2,1-4H3. The van der Waals surface area contributed by atoms with Gasteiger partial charge >= 0.3 is 0 Å². The average molecular weight is 253 g/mol. The van der Waals surface area contributed by atoms with Crippen LogP contribution in [0.4, 0.5) is 0 Å². The summed E-state index contributed by atoms with van der Waals surface area (Å²) in [5.74, 6) is 0.395. The molecule has 1 aliphatic carbocycles. The number of hydrogen-bond acceptors (Lipinski definition) is 3. The first-order chi connectivity index (χ1) is 6.71. The molecule has 0 aromatic heterocycles. The lowest BCUT2D eigenvalue weighted by molar-refractivity contribution is 0.405. The van der Waals surface area contributed by atoms with Crippen LogP contribution >= 0.6 is 0 Å². The highest BCUT2D eigenvalue weighted by Gasteiger charge is 2.52. The van der Waals surface area contributed by atoms with Gasteiger partial charge in [-0.2, -0.15) is 0 Å². The molecule has 15 heavy (non-hydrogen) atoms. The van der Waals surface area contributed by atoms with Crippen LogP contribution in [-0.4, -0.2) is 46.8 Å². The third-order valence-corrected chi connectivity index (χ3v) is 6.78. The first-order valence-electron chi connectivity index (χ1n) is 4.98. The fourth-order valence-electron chi connectivity index (χ4n) is 1.46. The molecule has 0 saturated heterocycles. The average Bonchev–Trinajstić information content (AvgIpc) is 2.82. The monoisotopic (exact) mass is 253 g/mol. The van der Waals surface area contributed by atoms with Gasteiger partial charge in [0.2, 0.25) is 10.0 Å². The van der Waals surface area contributed by atoms with Crippen LogP contribution in [0.3, 0.4) is 0 Å². The molecule has 1 aliphatic rings. The molecule has 0 spiro atoms. The van der Waals surface area contributed by atoms with Gasteiger partial charge < -0.3 is 0 Å². The Morgan fingerprint density at radius 3 is 2.27 bits per heavy atom. The van der Waals surface area contributed by atoms with Gasteiger partial charge in [-0.1, -0.05) is 0 Å². The van der Waals surface area contributed by atoms with Crippen molar-refractivity contribution < 1.29 is 12.6 Å². The first kappa shape index (κ1) is 13.1. The molecule has 0 aromatic carbocycles. The van der Waals surface area contributed by atoms with Crippen LogP contribution in [0.2, 0.25) is 0 Å². The molecule has 0 amide bonds. The van der Waals surface area contributed by atoms with Crippen LogP contribution in [0.15, 0.2) is 0 Å². The Morgan fingerprint density at radius 1 is 1.47 bits per heavy atom. The second-order valence-electron chi connectivity index (χ2n) is 4.56. The summed E-state index contributed by atoms with van der Waals surface area (Å²) in [6, 6.07) is -0.196. The summed E-state index contributed by atoms with van der Waals surface area (Å²) in [5, 5.41) is 0. The summed E-state index contributed by atoms with van der Waals surface area (Å²) in [7, 11) is -2.60. The Labute approximate surface area is 94.5 Å². The fraction of sp³-hybridized carbons (Fsp3) is 1.00. The highest BCUT2D eigenvalue weighted by Crippen LogP contribution is 2.44. The zero-order chi connectivity index (χ0) is 11.9. The number of hydrogen-bond donors (Lipinski definition) is 0. The predicted octanol–water partition coefficient (Wildman–Crippen LogP) is 0.568. The number of nitrogens with zero attached hydrogens (tertiary/aromatic N) is 1. The molecule has 0 heterocycles. The predicted molar refractivity (Wildman–Crippen MR) is 62.7 cm³/mol. The molecule has 1 rings (SSSR count). The Kier molecular flexibility index (Phi) is 3.63. The SMILES string of the molecule is CC(CS(C)=O)N(C)S(=O)(=O)C1(C)CC1. The van der Waals surface area contributed by atoms with E-state index in [4.69, 9.17) is 0 Å². The van der Waals surface area contributed by atoms with E-state index in [9.17, 15) is 12.6 Å². The third-order valence-electron chi connectivity index (χ3n) is 3.05. The lowest BCUT2D eigenvalue weighted by atomic mass is 10.4. The maximum absolute atomic E-state index is 12.1. The quantitative estimate of drug-likeness (QED) is 0.719. The second kappa shape index (κ2) is 4.14. The lowest BCUT2D eigenvalue weighted by Gasteiger charge is -2.26. The van der Waals surface area contributed by atoms with E-state index < -0.39 is 25.6 Å². The van der Waals surface area contributed by atoms with Crippen molar-refractivity contribution in [1.82, 2.24) is 4.31 Å². The Hall–Kier alpha value is 0.0600. The summed E-state index contributed by atoms with van der Waals surface area (Å²) in [4.78, 5) is 0. The van der Waals surface area contributed by atoms with Gasteiger partial charge in [-0.3, -0.25) is 4.21 Å². The van der Waals surface area contributed by atoms with Crippen LogP contribution in [0, 0.1) is 0 Å². The summed E-state index contributed by atoms with van der Waals surface area (Å²) in [6.45, 7) is 3.57. The van der Waals surface area contributed by atoms with Crippen molar-refractivity contribution in [2.45, 2.75) is 37.5 Å². The van der Waals surface area contributed by atoms with E-state index in [1.807, 2.05) is 0 Å². The normalized spacial score (nSPS) is 23.8. The van der Waals surface area contributed by atoms with Crippen molar-refractivity contribution in [2.24, 2.45) is 0 Å². The summed E-state index contributed by atoms with van der Waals surface area (Å²) in [5.41, 5.74) is 0. The van der Waals surface area contributed by atoms with Gasteiger partial charge in [-0.25, -0.2) is 12.7 Å². The van der Waals surface area contributed by atoms with E-state index in [1.54, 1.807) is 27.2 Å². The number of sulfonamides is 1. The molecular formula is C9H19NO3S2. The van der Waals surface area contributed by atoms with Crippen molar-refractivity contribution in [2.75, 3.05) is 19.1 Å². The van der Waals surface area contributed by atoms with E-state index in [-0.39, 0.29) is 6.04 Å². The molecule has 0 radical (unpaired) electrons. The van der Waals surface area contributed by atoms with Crippen molar-refractivity contribution >= 4 is 20.8 Å². The van der Waals surface area contributed by atoms with Gasteiger partial charge in [0.05, 0.1) is 4.75 Å². The summed E-state index contributed by atoms with van der Waals surface area (Å²) < 4.78 is 36.0. The summed E-state index contributed by atoms with van der Waals surface area (Å²) in [6.07, 6.45) is 3.07. The summed E-state index contributed by atoms with van der Waals surface area (Å²) >= 11 is 0. The van der Waals surface area contributed by atoms with Crippen molar-refractivity contribution in [3.05, 3.63) is 0 Å².